The van der Waals surface area contributed by atoms with E-state index in [1.54, 1.807) is 24.3 Å². The lowest BCUT2D eigenvalue weighted by molar-refractivity contribution is 0.301. The number of unbranched alkanes of at least 4 members (excludes halogenated alkanes) is 1. The zero-order valence-electron chi connectivity index (χ0n) is 12.3. The molecule has 114 valence electrons. The van der Waals surface area contributed by atoms with E-state index in [0.29, 0.717) is 6.42 Å². The molecule has 0 fully saturated rings. The predicted octanol–water partition coefficient (Wildman–Crippen LogP) is 3.00. The Hall–Kier alpha value is -0.910. The van der Waals surface area contributed by atoms with Crippen molar-refractivity contribution >= 4 is 10.1 Å². The van der Waals surface area contributed by atoms with Gasteiger partial charge in [-0.25, -0.2) is 0 Å². The molecule has 1 atom stereocenters. The second-order valence-electron chi connectivity index (χ2n) is 5.13. The van der Waals surface area contributed by atoms with E-state index in [9.17, 15) is 8.42 Å². The number of rotatable bonds is 9. The standard InChI is InChI=1S/C15H25NO3S/c1-3-4-6-14(16)7-5-12-19-20(17,18)15-10-8-13(2)9-11-15/h8-11,14H,3-7,12,16H2,1-2H3. The maximum atomic E-state index is 11.9. The Morgan fingerprint density at radius 2 is 1.75 bits per heavy atom. The summed E-state index contributed by atoms with van der Waals surface area (Å²) in [5.74, 6) is 0. The summed E-state index contributed by atoms with van der Waals surface area (Å²) in [5, 5.41) is 0. The van der Waals surface area contributed by atoms with Crippen LogP contribution in [0.4, 0.5) is 0 Å². The summed E-state index contributed by atoms with van der Waals surface area (Å²) in [6.45, 7) is 4.23. The highest BCUT2D eigenvalue weighted by Gasteiger charge is 2.14. The number of nitrogens with two attached hydrogens (primary N) is 1. The van der Waals surface area contributed by atoms with Crippen LogP contribution in [0.2, 0.25) is 0 Å². The van der Waals surface area contributed by atoms with Crippen molar-refractivity contribution in [2.75, 3.05) is 6.61 Å². The third-order valence-electron chi connectivity index (χ3n) is 3.20. The van der Waals surface area contributed by atoms with Crippen molar-refractivity contribution in [1.29, 1.82) is 0 Å². The van der Waals surface area contributed by atoms with E-state index in [1.165, 1.54) is 0 Å². The third-order valence-corrected chi connectivity index (χ3v) is 4.52. The van der Waals surface area contributed by atoms with Gasteiger partial charge < -0.3 is 5.73 Å². The molecule has 5 heteroatoms. The summed E-state index contributed by atoms with van der Waals surface area (Å²) in [5.41, 5.74) is 6.95. The summed E-state index contributed by atoms with van der Waals surface area (Å²) in [4.78, 5) is 0.207. The third kappa shape index (κ3) is 6.03. The molecule has 0 spiro atoms. The Morgan fingerprint density at radius 3 is 2.35 bits per heavy atom. The second kappa shape index (κ2) is 8.39. The average Bonchev–Trinajstić information content (AvgIpc) is 2.42. The Bertz CT molecular complexity index is 482. The molecule has 0 heterocycles. The summed E-state index contributed by atoms with van der Waals surface area (Å²) in [7, 11) is -3.63. The van der Waals surface area contributed by atoms with Gasteiger partial charge in [0.05, 0.1) is 11.5 Å². The van der Waals surface area contributed by atoms with Crippen molar-refractivity contribution in [3.05, 3.63) is 29.8 Å². The number of hydrogen-bond acceptors (Lipinski definition) is 4. The van der Waals surface area contributed by atoms with Crippen molar-refractivity contribution in [3.8, 4) is 0 Å². The smallest absolute Gasteiger partial charge is 0.296 e. The largest absolute Gasteiger partial charge is 0.328 e. The van der Waals surface area contributed by atoms with E-state index in [4.69, 9.17) is 9.92 Å². The van der Waals surface area contributed by atoms with Crippen molar-refractivity contribution in [3.63, 3.8) is 0 Å². The van der Waals surface area contributed by atoms with Gasteiger partial charge in [0.1, 0.15) is 0 Å². The zero-order valence-corrected chi connectivity index (χ0v) is 13.2. The molecule has 0 saturated carbocycles. The van der Waals surface area contributed by atoms with Crippen LogP contribution in [0, 0.1) is 6.92 Å². The molecular weight excluding hydrogens is 274 g/mol. The number of aryl methyl sites for hydroxylation is 1. The van der Waals surface area contributed by atoms with Crippen LogP contribution in [-0.4, -0.2) is 21.1 Å². The summed E-state index contributed by atoms with van der Waals surface area (Å²) >= 11 is 0. The normalized spacial score (nSPS) is 13.3. The van der Waals surface area contributed by atoms with Crippen LogP contribution in [0.1, 0.15) is 44.6 Å². The average molecular weight is 299 g/mol. The molecule has 4 nitrogen and oxygen atoms in total. The lowest BCUT2D eigenvalue weighted by atomic mass is 10.1. The van der Waals surface area contributed by atoms with Gasteiger partial charge >= 0.3 is 0 Å². The van der Waals surface area contributed by atoms with Crippen LogP contribution in [-0.2, 0) is 14.3 Å². The molecule has 0 bridgehead atoms. The van der Waals surface area contributed by atoms with Crippen LogP contribution in [0.5, 0.6) is 0 Å². The molecule has 1 aromatic carbocycles. The van der Waals surface area contributed by atoms with Gasteiger partial charge in [0.2, 0.25) is 0 Å². The quantitative estimate of drug-likeness (QED) is 0.562. The predicted molar refractivity (Wildman–Crippen MR) is 81.1 cm³/mol. The Kier molecular flexibility index (Phi) is 7.19. The minimum Gasteiger partial charge on any atom is -0.328 e. The van der Waals surface area contributed by atoms with E-state index in [2.05, 4.69) is 6.92 Å². The van der Waals surface area contributed by atoms with Gasteiger partial charge in [0.25, 0.3) is 10.1 Å². The minimum absolute atomic E-state index is 0.139. The monoisotopic (exact) mass is 299 g/mol. The fourth-order valence-electron chi connectivity index (χ4n) is 1.90. The molecule has 0 saturated heterocycles. The molecule has 20 heavy (non-hydrogen) atoms. The summed E-state index contributed by atoms with van der Waals surface area (Å²) in [6, 6.07) is 6.80. The van der Waals surface area contributed by atoms with Crippen molar-refractivity contribution in [1.82, 2.24) is 0 Å². The first-order chi connectivity index (χ1) is 9.45. The van der Waals surface area contributed by atoms with Gasteiger partial charge in [-0.05, 0) is 38.3 Å². The van der Waals surface area contributed by atoms with E-state index < -0.39 is 10.1 Å². The second-order valence-corrected chi connectivity index (χ2v) is 6.75. The van der Waals surface area contributed by atoms with Crippen LogP contribution >= 0.6 is 0 Å². The van der Waals surface area contributed by atoms with Crippen molar-refractivity contribution in [2.45, 2.75) is 56.9 Å². The first-order valence-corrected chi connectivity index (χ1v) is 8.58. The molecule has 0 radical (unpaired) electrons. The van der Waals surface area contributed by atoms with Crippen LogP contribution < -0.4 is 5.73 Å². The van der Waals surface area contributed by atoms with E-state index in [1.807, 2.05) is 6.92 Å². The fraction of sp³-hybridized carbons (Fsp3) is 0.600. The molecular formula is C15H25NO3S. The summed E-state index contributed by atoms with van der Waals surface area (Å²) in [6.07, 6.45) is 4.69. The minimum atomic E-state index is -3.63. The fourth-order valence-corrected chi connectivity index (χ4v) is 2.84. The van der Waals surface area contributed by atoms with Crippen LogP contribution in [0.3, 0.4) is 0 Å². The topological polar surface area (TPSA) is 69.4 Å². The number of hydrogen-bond donors (Lipinski definition) is 1. The van der Waals surface area contributed by atoms with Gasteiger partial charge in [-0.1, -0.05) is 37.5 Å². The number of benzene rings is 1. The molecule has 1 aromatic rings. The van der Waals surface area contributed by atoms with Gasteiger partial charge in [-0.15, -0.1) is 0 Å². The molecule has 2 N–H and O–H groups in total. The van der Waals surface area contributed by atoms with Crippen LogP contribution in [0.25, 0.3) is 0 Å². The maximum Gasteiger partial charge on any atom is 0.296 e. The van der Waals surface area contributed by atoms with E-state index in [-0.39, 0.29) is 17.5 Å². The Labute approximate surface area is 122 Å². The maximum absolute atomic E-state index is 11.9. The Balaban J connectivity index is 2.35. The summed E-state index contributed by atoms with van der Waals surface area (Å²) < 4.78 is 28.8. The zero-order chi connectivity index (χ0) is 15.0. The molecule has 0 amide bonds. The lowest BCUT2D eigenvalue weighted by Gasteiger charge is -2.11. The molecule has 0 aliphatic carbocycles. The Morgan fingerprint density at radius 1 is 1.15 bits per heavy atom. The molecule has 0 aliphatic heterocycles. The van der Waals surface area contributed by atoms with Gasteiger partial charge in [-0.2, -0.15) is 8.42 Å². The molecule has 0 aliphatic rings. The highest BCUT2D eigenvalue weighted by atomic mass is 32.2. The highest BCUT2D eigenvalue weighted by molar-refractivity contribution is 7.86. The van der Waals surface area contributed by atoms with Crippen molar-refractivity contribution < 1.29 is 12.6 Å². The van der Waals surface area contributed by atoms with E-state index >= 15 is 0 Å². The van der Waals surface area contributed by atoms with Gasteiger partial charge in [0, 0.05) is 6.04 Å². The molecule has 1 unspecified atom stereocenters. The van der Waals surface area contributed by atoms with Gasteiger partial charge in [-0.3, -0.25) is 4.18 Å². The first-order valence-electron chi connectivity index (χ1n) is 7.17. The highest BCUT2D eigenvalue weighted by Crippen LogP contribution is 2.14. The van der Waals surface area contributed by atoms with Gasteiger partial charge in [0.15, 0.2) is 0 Å². The SMILES string of the molecule is CCCCC(N)CCCOS(=O)(=O)c1ccc(C)cc1. The molecule has 0 aromatic heterocycles. The van der Waals surface area contributed by atoms with Crippen molar-refractivity contribution in [2.24, 2.45) is 5.73 Å². The lowest BCUT2D eigenvalue weighted by Crippen LogP contribution is -2.20. The van der Waals surface area contributed by atoms with Crippen LogP contribution in [0.15, 0.2) is 29.2 Å². The molecule has 1 rings (SSSR count). The van der Waals surface area contributed by atoms with E-state index in [0.717, 1.165) is 31.2 Å². The first kappa shape index (κ1) is 17.1.